The normalized spacial score (nSPS) is 17.5. The number of hydrogen-bond donors (Lipinski definition) is 1. The van der Waals surface area contributed by atoms with Crippen LogP contribution in [0.25, 0.3) is 10.6 Å². The quantitative estimate of drug-likeness (QED) is 0.876. The van der Waals surface area contributed by atoms with Crippen LogP contribution in [0, 0.1) is 17.4 Å². The van der Waals surface area contributed by atoms with E-state index in [1.807, 2.05) is 30.3 Å². The molecule has 1 amide bonds. The van der Waals surface area contributed by atoms with Gasteiger partial charge in [-0.2, -0.15) is 5.26 Å². The lowest BCUT2D eigenvalue weighted by Gasteiger charge is -2.08. The highest BCUT2D eigenvalue weighted by atomic mass is 32.1. The molecule has 0 radical (unpaired) electrons. The Bertz CT molecular complexity index is 678. The molecule has 1 aliphatic heterocycles. The van der Waals surface area contributed by atoms with Gasteiger partial charge in [-0.3, -0.25) is 4.79 Å². The van der Waals surface area contributed by atoms with E-state index in [0.717, 1.165) is 10.6 Å². The molecule has 1 fully saturated rings. The van der Waals surface area contributed by atoms with Crippen LogP contribution in [0.15, 0.2) is 30.3 Å². The molecule has 1 aliphatic rings. The summed E-state index contributed by atoms with van der Waals surface area (Å²) < 4.78 is 0. The summed E-state index contributed by atoms with van der Waals surface area (Å²) in [6, 6.07) is 9.71. The Hall–Kier alpha value is -2.46. The minimum Gasteiger partial charge on any atom is -0.310 e. The second kappa shape index (κ2) is 5.89. The third kappa shape index (κ3) is 3.01. The van der Waals surface area contributed by atoms with Gasteiger partial charge in [0.05, 0.1) is 5.92 Å². The average Bonchev–Trinajstić information content (AvgIpc) is 3.17. The first kappa shape index (κ1) is 13.5. The Kier molecular flexibility index (Phi) is 3.79. The number of aromatic nitrogens is 2. The van der Waals surface area contributed by atoms with E-state index < -0.39 is 0 Å². The number of hydrogen-bond acceptors (Lipinski definition) is 6. The summed E-state index contributed by atoms with van der Waals surface area (Å²) in [7, 11) is 0. The van der Waals surface area contributed by atoms with Crippen molar-refractivity contribution < 1.29 is 4.79 Å². The van der Waals surface area contributed by atoms with Gasteiger partial charge in [-0.1, -0.05) is 41.7 Å². The van der Waals surface area contributed by atoms with Crippen molar-refractivity contribution in [1.82, 2.24) is 15.1 Å². The molecular weight excluding hydrogens is 286 g/mol. The predicted octanol–water partition coefficient (Wildman–Crippen LogP) is 1.95. The maximum absolute atomic E-state index is 12.1. The largest absolute Gasteiger partial charge is 0.310 e. The second-order valence-electron chi connectivity index (χ2n) is 4.80. The van der Waals surface area contributed by atoms with Crippen LogP contribution in [0.1, 0.15) is 6.42 Å². The highest BCUT2D eigenvalue weighted by molar-refractivity contribution is 7.18. The summed E-state index contributed by atoms with van der Waals surface area (Å²) in [5.74, 6) is -0.253. The highest BCUT2D eigenvalue weighted by Crippen LogP contribution is 2.26. The standard InChI is InChI=1S/C14H13N5OS/c15-9-19-7-6-11(8-19)12(20)16-14-18-17-13(21-14)10-4-2-1-3-5-10/h1-5,11H,6-8H2,(H,16,18,20). The van der Waals surface area contributed by atoms with Gasteiger partial charge in [-0.25, -0.2) is 0 Å². The maximum atomic E-state index is 12.1. The number of benzene rings is 1. The second-order valence-corrected chi connectivity index (χ2v) is 5.78. The molecule has 0 spiro atoms. The van der Waals surface area contributed by atoms with Crippen molar-refractivity contribution in [3.8, 4) is 16.8 Å². The van der Waals surface area contributed by atoms with Crippen molar-refractivity contribution >= 4 is 22.4 Å². The fourth-order valence-corrected chi connectivity index (χ4v) is 3.00. The minimum absolute atomic E-state index is 0.0940. The van der Waals surface area contributed by atoms with Crippen molar-refractivity contribution in [2.45, 2.75) is 6.42 Å². The molecule has 2 aromatic rings. The number of rotatable bonds is 3. The predicted molar refractivity (Wildman–Crippen MR) is 79.3 cm³/mol. The van der Waals surface area contributed by atoms with Gasteiger partial charge in [0.25, 0.3) is 0 Å². The van der Waals surface area contributed by atoms with Crippen molar-refractivity contribution in [2.24, 2.45) is 5.92 Å². The molecule has 1 aromatic heterocycles. The third-order valence-corrected chi connectivity index (χ3v) is 4.26. The van der Waals surface area contributed by atoms with Crippen LogP contribution in [0.3, 0.4) is 0 Å². The smallest absolute Gasteiger partial charge is 0.231 e. The van der Waals surface area contributed by atoms with E-state index in [9.17, 15) is 4.79 Å². The van der Waals surface area contributed by atoms with E-state index in [4.69, 9.17) is 5.26 Å². The zero-order valence-electron chi connectivity index (χ0n) is 11.2. The molecule has 1 N–H and O–H groups in total. The molecule has 0 aliphatic carbocycles. The number of amides is 1. The Labute approximate surface area is 126 Å². The lowest BCUT2D eigenvalue weighted by molar-refractivity contribution is -0.119. The van der Waals surface area contributed by atoms with E-state index in [1.54, 1.807) is 4.90 Å². The summed E-state index contributed by atoms with van der Waals surface area (Å²) in [4.78, 5) is 13.7. The van der Waals surface area contributed by atoms with E-state index in [1.165, 1.54) is 11.3 Å². The summed E-state index contributed by atoms with van der Waals surface area (Å²) in [5, 5.41) is 21.0. The first-order valence-corrected chi connectivity index (χ1v) is 7.42. The molecule has 1 saturated heterocycles. The first-order valence-electron chi connectivity index (χ1n) is 6.61. The summed E-state index contributed by atoms with van der Waals surface area (Å²) in [6.07, 6.45) is 2.76. The van der Waals surface area contributed by atoms with Gasteiger partial charge in [0.2, 0.25) is 11.0 Å². The SMILES string of the molecule is N#CN1CCC(C(=O)Nc2nnc(-c3ccccc3)s2)C1. The van der Waals surface area contributed by atoms with E-state index in [-0.39, 0.29) is 11.8 Å². The Morgan fingerprint density at radius 3 is 2.90 bits per heavy atom. The summed E-state index contributed by atoms with van der Waals surface area (Å²) in [6.45, 7) is 1.12. The van der Waals surface area contributed by atoms with Crippen LogP contribution in [0.5, 0.6) is 0 Å². The lowest BCUT2D eigenvalue weighted by Crippen LogP contribution is -2.25. The highest BCUT2D eigenvalue weighted by Gasteiger charge is 2.28. The molecule has 1 atom stereocenters. The van der Waals surface area contributed by atoms with Crippen LogP contribution in [0.2, 0.25) is 0 Å². The molecule has 0 saturated carbocycles. The number of nitrogens with zero attached hydrogens (tertiary/aromatic N) is 4. The molecule has 106 valence electrons. The first-order chi connectivity index (χ1) is 10.3. The Morgan fingerprint density at radius 2 is 2.19 bits per heavy atom. The lowest BCUT2D eigenvalue weighted by atomic mass is 10.1. The van der Waals surface area contributed by atoms with Gasteiger partial charge in [0.15, 0.2) is 6.19 Å². The van der Waals surface area contributed by atoms with Crippen LogP contribution in [0.4, 0.5) is 5.13 Å². The number of carbonyl (C=O) groups is 1. The fourth-order valence-electron chi connectivity index (χ4n) is 2.24. The Morgan fingerprint density at radius 1 is 1.38 bits per heavy atom. The van der Waals surface area contributed by atoms with Crippen molar-refractivity contribution in [3.05, 3.63) is 30.3 Å². The van der Waals surface area contributed by atoms with E-state index in [2.05, 4.69) is 21.7 Å². The number of nitrogens with one attached hydrogen (secondary N) is 1. The van der Waals surface area contributed by atoms with Gasteiger partial charge in [0, 0.05) is 18.7 Å². The minimum atomic E-state index is -0.159. The molecule has 7 heteroatoms. The molecule has 3 rings (SSSR count). The van der Waals surface area contributed by atoms with Crippen molar-refractivity contribution in [3.63, 3.8) is 0 Å². The van der Waals surface area contributed by atoms with Crippen LogP contribution >= 0.6 is 11.3 Å². The average molecular weight is 299 g/mol. The van der Waals surface area contributed by atoms with Gasteiger partial charge >= 0.3 is 0 Å². The number of carbonyl (C=O) groups excluding carboxylic acids is 1. The molecule has 21 heavy (non-hydrogen) atoms. The molecule has 1 unspecified atom stereocenters. The van der Waals surface area contributed by atoms with Gasteiger partial charge in [-0.05, 0) is 6.42 Å². The molecule has 2 heterocycles. The van der Waals surface area contributed by atoms with Crippen LogP contribution in [-0.2, 0) is 4.79 Å². The fraction of sp³-hybridized carbons (Fsp3) is 0.286. The summed E-state index contributed by atoms with van der Waals surface area (Å²) in [5.41, 5.74) is 0.979. The van der Waals surface area contributed by atoms with Crippen molar-refractivity contribution in [2.75, 3.05) is 18.4 Å². The molecular formula is C14H13N5OS. The van der Waals surface area contributed by atoms with Gasteiger partial charge in [0.1, 0.15) is 5.01 Å². The number of anilines is 1. The van der Waals surface area contributed by atoms with Crippen LogP contribution in [-0.4, -0.2) is 34.1 Å². The maximum Gasteiger partial charge on any atom is 0.231 e. The van der Waals surface area contributed by atoms with E-state index >= 15 is 0 Å². The summed E-state index contributed by atoms with van der Waals surface area (Å²) >= 11 is 1.35. The topological polar surface area (TPSA) is 81.9 Å². The van der Waals surface area contributed by atoms with Gasteiger partial charge in [-0.15, -0.1) is 10.2 Å². The monoisotopic (exact) mass is 299 g/mol. The van der Waals surface area contributed by atoms with Crippen molar-refractivity contribution in [1.29, 1.82) is 5.26 Å². The molecule has 0 bridgehead atoms. The zero-order chi connectivity index (χ0) is 14.7. The van der Waals surface area contributed by atoms with E-state index in [0.29, 0.717) is 24.6 Å². The number of nitriles is 1. The zero-order valence-corrected chi connectivity index (χ0v) is 12.0. The Balaban J connectivity index is 1.65. The third-order valence-electron chi connectivity index (χ3n) is 3.38. The van der Waals surface area contributed by atoms with Gasteiger partial charge < -0.3 is 10.2 Å². The molecule has 6 nitrogen and oxygen atoms in total. The number of likely N-dealkylation sites (tertiary alicyclic amines) is 1. The van der Waals surface area contributed by atoms with Crippen LogP contribution < -0.4 is 5.32 Å². The molecule has 1 aromatic carbocycles.